The molecule has 0 spiro atoms. The van der Waals surface area contributed by atoms with Crippen LogP contribution in [0, 0.1) is 19.7 Å². The van der Waals surface area contributed by atoms with Crippen molar-refractivity contribution in [1.82, 2.24) is 24.5 Å². The standard InChI is InChI=1S/C19H19FN4O2.C5H11NO2/c1-4-7-25-16-9-24-18(12(16)3)19(21-10-22-24)26-15-6-5-14-13(17(15)20)8-11(2)23-14;1-4(5(7)8)6(2)3/h5-6,8-10,23H,4,7H2,1-3H3;4H,1-3H3,(H,7,8). The van der Waals surface area contributed by atoms with E-state index in [1.807, 2.05) is 20.8 Å². The Morgan fingerprint density at radius 1 is 1.29 bits per heavy atom. The van der Waals surface area contributed by atoms with Gasteiger partial charge >= 0.3 is 5.97 Å². The van der Waals surface area contributed by atoms with Gasteiger partial charge in [-0.2, -0.15) is 10.1 Å². The summed E-state index contributed by atoms with van der Waals surface area (Å²) in [7, 11) is 3.47. The minimum absolute atomic E-state index is 0.119. The first kappa shape index (κ1) is 25.0. The number of nitrogens with zero attached hydrogens (tertiary/aromatic N) is 4. The molecular formula is C24H30FN5O4. The van der Waals surface area contributed by atoms with Crippen molar-refractivity contribution < 1.29 is 23.8 Å². The fourth-order valence-electron chi connectivity index (χ4n) is 3.23. The molecule has 34 heavy (non-hydrogen) atoms. The van der Waals surface area contributed by atoms with Crippen molar-refractivity contribution in [2.75, 3.05) is 20.7 Å². The monoisotopic (exact) mass is 471 g/mol. The van der Waals surface area contributed by atoms with Gasteiger partial charge in [-0.05, 0) is 59.5 Å². The average Bonchev–Trinajstić information content (AvgIpc) is 3.34. The molecule has 0 saturated heterocycles. The first-order chi connectivity index (χ1) is 16.1. The molecule has 9 nitrogen and oxygen atoms in total. The van der Waals surface area contributed by atoms with E-state index in [0.717, 1.165) is 28.9 Å². The van der Waals surface area contributed by atoms with Crippen LogP contribution in [0.15, 0.2) is 30.7 Å². The van der Waals surface area contributed by atoms with E-state index in [1.165, 1.54) is 6.33 Å². The van der Waals surface area contributed by atoms with Crippen molar-refractivity contribution in [3.05, 3.63) is 47.8 Å². The maximum atomic E-state index is 14.8. The van der Waals surface area contributed by atoms with Crippen LogP contribution in [0.5, 0.6) is 17.4 Å². The van der Waals surface area contributed by atoms with Gasteiger partial charge < -0.3 is 19.6 Å². The van der Waals surface area contributed by atoms with E-state index in [2.05, 4.69) is 15.1 Å². The van der Waals surface area contributed by atoms with Crippen LogP contribution in [0.3, 0.4) is 0 Å². The number of nitrogens with one attached hydrogen (secondary N) is 1. The number of hydrogen-bond acceptors (Lipinski definition) is 6. The number of likely N-dealkylation sites (N-methyl/N-ethyl adjacent to an activating group) is 1. The highest BCUT2D eigenvalue weighted by Gasteiger charge is 2.18. The molecule has 0 radical (unpaired) electrons. The molecule has 0 aliphatic heterocycles. The number of aromatic nitrogens is 4. The number of halogens is 1. The highest BCUT2D eigenvalue weighted by Crippen LogP contribution is 2.34. The number of H-pyrrole nitrogens is 1. The molecule has 0 bridgehead atoms. The van der Waals surface area contributed by atoms with Crippen LogP contribution in [0.25, 0.3) is 16.4 Å². The van der Waals surface area contributed by atoms with E-state index in [4.69, 9.17) is 14.6 Å². The summed E-state index contributed by atoms with van der Waals surface area (Å²) in [6.07, 6.45) is 4.06. The number of aryl methyl sites for hydroxylation is 2. The zero-order chi connectivity index (χ0) is 25.0. The minimum atomic E-state index is -0.782. The van der Waals surface area contributed by atoms with E-state index in [1.54, 1.807) is 54.8 Å². The Balaban J connectivity index is 0.000000350. The predicted molar refractivity (Wildman–Crippen MR) is 127 cm³/mol. The largest absolute Gasteiger partial charge is 0.492 e. The highest BCUT2D eigenvalue weighted by atomic mass is 19.1. The molecule has 10 heteroatoms. The molecule has 1 atom stereocenters. The first-order valence-electron chi connectivity index (χ1n) is 10.9. The Kier molecular flexibility index (Phi) is 7.72. The van der Waals surface area contributed by atoms with Crippen molar-refractivity contribution >= 4 is 22.4 Å². The fraction of sp³-hybridized carbons (Fsp3) is 0.375. The maximum absolute atomic E-state index is 14.8. The number of ether oxygens (including phenoxy) is 2. The van der Waals surface area contributed by atoms with Crippen LogP contribution < -0.4 is 9.47 Å². The molecule has 4 aromatic rings. The Morgan fingerprint density at radius 2 is 2.03 bits per heavy atom. The van der Waals surface area contributed by atoms with Crippen molar-refractivity contribution in [2.24, 2.45) is 0 Å². The summed E-state index contributed by atoms with van der Waals surface area (Å²) < 4.78 is 28.0. The lowest BCUT2D eigenvalue weighted by Crippen LogP contribution is -2.32. The summed E-state index contributed by atoms with van der Waals surface area (Å²) in [6, 6.07) is 4.76. The molecule has 0 aliphatic rings. The van der Waals surface area contributed by atoms with Crippen LogP contribution >= 0.6 is 0 Å². The van der Waals surface area contributed by atoms with E-state index in [0.29, 0.717) is 17.5 Å². The minimum Gasteiger partial charge on any atom is -0.492 e. The molecule has 0 aliphatic carbocycles. The molecule has 1 aromatic carbocycles. The number of benzene rings is 1. The van der Waals surface area contributed by atoms with Gasteiger partial charge in [0.15, 0.2) is 11.6 Å². The lowest BCUT2D eigenvalue weighted by Gasteiger charge is -2.13. The Morgan fingerprint density at radius 3 is 2.65 bits per heavy atom. The fourth-order valence-corrected chi connectivity index (χ4v) is 3.23. The molecule has 0 amide bonds. The second-order valence-electron chi connectivity index (χ2n) is 8.20. The normalized spacial score (nSPS) is 12.0. The number of aromatic amines is 1. The summed E-state index contributed by atoms with van der Waals surface area (Å²) in [6.45, 7) is 8.09. The highest BCUT2D eigenvalue weighted by molar-refractivity contribution is 5.83. The smallest absolute Gasteiger partial charge is 0.320 e. The van der Waals surface area contributed by atoms with E-state index >= 15 is 0 Å². The lowest BCUT2D eigenvalue weighted by molar-refractivity contribution is -0.141. The van der Waals surface area contributed by atoms with Crippen LogP contribution in [-0.2, 0) is 4.79 Å². The number of carboxylic acid groups (broad SMARTS) is 1. The molecule has 0 saturated carbocycles. The molecule has 3 aromatic heterocycles. The van der Waals surface area contributed by atoms with Gasteiger partial charge in [-0.1, -0.05) is 6.92 Å². The number of hydrogen-bond donors (Lipinski definition) is 2. The zero-order valence-electron chi connectivity index (χ0n) is 20.2. The average molecular weight is 472 g/mol. The molecular weight excluding hydrogens is 441 g/mol. The SMILES string of the molecule is CC(C(=O)O)N(C)C.CCCOc1cn2ncnc(Oc3ccc4[nH]c(C)cc4c3F)c2c1C. The molecule has 182 valence electrons. The number of aliphatic carboxylic acids is 1. The second kappa shape index (κ2) is 10.5. The third-order valence-corrected chi connectivity index (χ3v) is 5.38. The van der Waals surface area contributed by atoms with Gasteiger partial charge in [-0.3, -0.25) is 9.69 Å². The number of carboxylic acids is 1. The van der Waals surface area contributed by atoms with Crippen LogP contribution in [0.4, 0.5) is 4.39 Å². The van der Waals surface area contributed by atoms with Gasteiger partial charge in [0.25, 0.3) is 0 Å². The van der Waals surface area contributed by atoms with E-state index in [-0.39, 0.29) is 17.7 Å². The van der Waals surface area contributed by atoms with Crippen molar-refractivity contribution in [1.29, 1.82) is 0 Å². The second-order valence-corrected chi connectivity index (χ2v) is 8.20. The van der Waals surface area contributed by atoms with Crippen LogP contribution in [-0.4, -0.2) is 62.3 Å². The summed E-state index contributed by atoms with van der Waals surface area (Å²) >= 11 is 0. The topological polar surface area (TPSA) is 105 Å². The summed E-state index contributed by atoms with van der Waals surface area (Å²) in [5.41, 5.74) is 3.13. The van der Waals surface area contributed by atoms with Crippen molar-refractivity contribution in [3.63, 3.8) is 0 Å². The number of carbonyl (C=O) groups is 1. The Hall–Kier alpha value is -3.66. The lowest BCUT2D eigenvalue weighted by atomic mass is 10.2. The Bertz CT molecular complexity index is 1300. The molecule has 2 N–H and O–H groups in total. The van der Waals surface area contributed by atoms with Crippen molar-refractivity contribution in [2.45, 2.75) is 40.2 Å². The summed E-state index contributed by atoms with van der Waals surface area (Å²) in [5.74, 6) is -0.0808. The number of rotatable bonds is 7. The third-order valence-electron chi connectivity index (χ3n) is 5.38. The van der Waals surface area contributed by atoms with Crippen LogP contribution in [0.1, 0.15) is 31.5 Å². The first-order valence-corrected chi connectivity index (χ1v) is 10.9. The summed E-state index contributed by atoms with van der Waals surface area (Å²) in [4.78, 5) is 19.0. The van der Waals surface area contributed by atoms with Gasteiger partial charge in [-0.15, -0.1) is 0 Å². The van der Waals surface area contributed by atoms with E-state index in [9.17, 15) is 9.18 Å². The summed E-state index contributed by atoms with van der Waals surface area (Å²) in [5, 5.41) is 13.0. The van der Waals surface area contributed by atoms with E-state index < -0.39 is 11.8 Å². The molecule has 0 fully saturated rings. The molecule has 1 unspecified atom stereocenters. The zero-order valence-corrected chi connectivity index (χ0v) is 20.2. The van der Waals surface area contributed by atoms with Gasteiger partial charge in [0.1, 0.15) is 23.6 Å². The Labute approximate surface area is 197 Å². The third kappa shape index (κ3) is 5.28. The van der Waals surface area contributed by atoms with Crippen LogP contribution in [0.2, 0.25) is 0 Å². The predicted octanol–water partition coefficient (Wildman–Crippen LogP) is 4.57. The van der Waals surface area contributed by atoms with Gasteiger partial charge in [-0.25, -0.2) is 8.91 Å². The quantitative estimate of drug-likeness (QED) is 0.407. The van der Waals surface area contributed by atoms with Gasteiger partial charge in [0, 0.05) is 22.2 Å². The van der Waals surface area contributed by atoms with Gasteiger partial charge in [0.05, 0.1) is 12.8 Å². The number of fused-ring (bicyclic) bond motifs is 2. The van der Waals surface area contributed by atoms with Crippen molar-refractivity contribution in [3.8, 4) is 17.4 Å². The molecule has 4 rings (SSSR count). The molecule has 3 heterocycles. The maximum Gasteiger partial charge on any atom is 0.320 e. The van der Waals surface area contributed by atoms with Gasteiger partial charge in [0.2, 0.25) is 5.88 Å².